The third-order valence-electron chi connectivity index (χ3n) is 3.11. The fourth-order valence-electron chi connectivity index (χ4n) is 2.25. The predicted molar refractivity (Wildman–Crippen MR) is 68.2 cm³/mol. The zero-order chi connectivity index (χ0) is 13.1. The fourth-order valence-corrected chi connectivity index (χ4v) is 2.52. The summed E-state index contributed by atoms with van der Waals surface area (Å²) >= 11 is 5.96. The second-order valence-electron chi connectivity index (χ2n) is 4.22. The van der Waals surface area contributed by atoms with Crippen LogP contribution in [-0.2, 0) is 14.3 Å². The highest BCUT2D eigenvalue weighted by Gasteiger charge is 2.38. The van der Waals surface area contributed by atoms with Crippen LogP contribution in [0.25, 0.3) is 0 Å². The van der Waals surface area contributed by atoms with E-state index < -0.39 is 11.9 Å². The fraction of sp³-hybridized carbons (Fsp3) is 0.286. The lowest BCUT2D eigenvalue weighted by molar-refractivity contribution is -0.149. The number of rotatable bonds is 2. The summed E-state index contributed by atoms with van der Waals surface area (Å²) in [5, 5.41) is 0.481. The minimum atomic E-state index is -0.792. The highest BCUT2D eigenvalue weighted by molar-refractivity contribution is 6.32. The lowest BCUT2D eigenvalue weighted by Crippen LogP contribution is -2.33. The van der Waals surface area contributed by atoms with Crippen LogP contribution in [0.3, 0.4) is 0 Å². The Bertz CT molecular complexity index is 493. The number of carbonyl (C=O) groups excluding carboxylic acids is 2. The number of ether oxygens (including phenoxy) is 1. The molecule has 0 aliphatic heterocycles. The number of benzene rings is 1. The van der Waals surface area contributed by atoms with Gasteiger partial charge in [-0.05, 0) is 18.1 Å². The molecule has 0 heterocycles. The van der Waals surface area contributed by atoms with Crippen molar-refractivity contribution in [2.24, 2.45) is 5.92 Å². The lowest BCUT2D eigenvalue weighted by atomic mass is 9.78. The number of carbonyl (C=O) groups is 2. The van der Waals surface area contributed by atoms with Gasteiger partial charge in [-0.25, -0.2) is 0 Å². The van der Waals surface area contributed by atoms with Gasteiger partial charge < -0.3 is 4.74 Å². The second-order valence-corrected chi connectivity index (χ2v) is 4.70. The molecule has 0 aromatic heterocycles. The highest BCUT2D eigenvalue weighted by Crippen LogP contribution is 2.37. The van der Waals surface area contributed by atoms with Crippen LogP contribution >= 0.6 is 11.6 Å². The van der Waals surface area contributed by atoms with Crippen molar-refractivity contribution in [3.05, 3.63) is 47.0 Å². The monoisotopic (exact) mass is 264 g/mol. The van der Waals surface area contributed by atoms with Gasteiger partial charge in [-0.15, -0.1) is 0 Å². The molecule has 1 aliphatic rings. The molecule has 0 amide bonds. The van der Waals surface area contributed by atoms with E-state index >= 15 is 0 Å². The van der Waals surface area contributed by atoms with Gasteiger partial charge in [0.1, 0.15) is 5.92 Å². The number of halogens is 1. The Hall–Kier alpha value is -1.61. The van der Waals surface area contributed by atoms with Crippen LogP contribution in [0, 0.1) is 5.92 Å². The molecular formula is C14H13ClO3. The van der Waals surface area contributed by atoms with Gasteiger partial charge in [-0.1, -0.05) is 41.9 Å². The van der Waals surface area contributed by atoms with E-state index in [0.29, 0.717) is 11.5 Å². The summed E-state index contributed by atoms with van der Waals surface area (Å²) in [7, 11) is 1.29. The van der Waals surface area contributed by atoms with Crippen molar-refractivity contribution in [3.63, 3.8) is 0 Å². The third kappa shape index (κ3) is 2.46. The molecule has 0 N–H and O–H groups in total. The second kappa shape index (κ2) is 5.36. The maximum atomic E-state index is 11.9. The smallest absolute Gasteiger partial charge is 0.317 e. The molecule has 0 bridgehead atoms. The Kier molecular flexibility index (Phi) is 3.82. The van der Waals surface area contributed by atoms with Crippen molar-refractivity contribution in [2.45, 2.75) is 12.3 Å². The average molecular weight is 265 g/mol. The maximum absolute atomic E-state index is 11.9. The van der Waals surface area contributed by atoms with Crippen LogP contribution in [0.15, 0.2) is 41.4 Å². The molecule has 0 fully saturated rings. The van der Waals surface area contributed by atoms with Gasteiger partial charge in [0.05, 0.1) is 7.11 Å². The van der Waals surface area contributed by atoms with Crippen molar-refractivity contribution >= 4 is 23.4 Å². The third-order valence-corrected chi connectivity index (χ3v) is 3.37. The molecule has 0 spiro atoms. The van der Waals surface area contributed by atoms with E-state index in [1.165, 1.54) is 13.2 Å². The number of esters is 1. The largest absolute Gasteiger partial charge is 0.468 e. The van der Waals surface area contributed by atoms with E-state index in [9.17, 15) is 9.59 Å². The first-order valence-corrected chi connectivity index (χ1v) is 6.04. The van der Waals surface area contributed by atoms with E-state index in [4.69, 9.17) is 16.3 Å². The van der Waals surface area contributed by atoms with Gasteiger partial charge in [-0.2, -0.15) is 0 Å². The first-order valence-electron chi connectivity index (χ1n) is 5.66. The van der Waals surface area contributed by atoms with E-state index in [2.05, 4.69) is 0 Å². The number of hydrogen-bond acceptors (Lipinski definition) is 3. The Balaban J connectivity index is 2.40. The number of hydrogen-bond donors (Lipinski definition) is 0. The van der Waals surface area contributed by atoms with Crippen molar-refractivity contribution in [3.8, 4) is 0 Å². The Morgan fingerprint density at radius 2 is 2.00 bits per heavy atom. The Morgan fingerprint density at radius 3 is 2.61 bits per heavy atom. The molecule has 4 heteroatoms. The molecule has 0 radical (unpaired) electrons. The number of ketones is 1. The van der Waals surface area contributed by atoms with Crippen LogP contribution in [0.5, 0.6) is 0 Å². The molecule has 3 nitrogen and oxygen atoms in total. The normalized spacial score (nSPS) is 23.4. The summed E-state index contributed by atoms with van der Waals surface area (Å²) < 4.78 is 4.71. The van der Waals surface area contributed by atoms with E-state index in [1.807, 2.05) is 30.3 Å². The average Bonchev–Trinajstić information content (AvgIpc) is 2.38. The van der Waals surface area contributed by atoms with Gasteiger partial charge in [0.2, 0.25) is 0 Å². The highest BCUT2D eigenvalue weighted by atomic mass is 35.5. The van der Waals surface area contributed by atoms with Crippen molar-refractivity contribution in [1.82, 2.24) is 0 Å². The van der Waals surface area contributed by atoms with Crippen LogP contribution in [0.1, 0.15) is 17.9 Å². The van der Waals surface area contributed by atoms with Crippen molar-refractivity contribution < 1.29 is 14.3 Å². The topological polar surface area (TPSA) is 43.4 Å². The van der Waals surface area contributed by atoms with Crippen LogP contribution in [0.2, 0.25) is 0 Å². The summed E-state index contributed by atoms with van der Waals surface area (Å²) in [6.45, 7) is 0. The summed E-state index contributed by atoms with van der Waals surface area (Å²) in [5.74, 6) is -1.83. The minimum Gasteiger partial charge on any atom is -0.468 e. The first-order chi connectivity index (χ1) is 8.63. The quantitative estimate of drug-likeness (QED) is 0.609. The SMILES string of the molecule is COC(=O)[C@H]1C(=O)C=C(Cl)C[C@H]1c1ccccc1. The first kappa shape index (κ1) is 12.8. The molecule has 0 saturated heterocycles. The zero-order valence-corrected chi connectivity index (χ0v) is 10.7. The summed E-state index contributed by atoms with van der Waals surface area (Å²) in [5.41, 5.74) is 0.924. The van der Waals surface area contributed by atoms with Crippen LogP contribution < -0.4 is 0 Å². The molecule has 0 saturated carbocycles. The molecule has 1 aromatic carbocycles. The van der Waals surface area contributed by atoms with Gasteiger partial charge in [0.25, 0.3) is 0 Å². The molecule has 94 valence electrons. The molecular weight excluding hydrogens is 252 g/mol. The molecule has 2 atom stereocenters. The zero-order valence-electron chi connectivity index (χ0n) is 9.93. The van der Waals surface area contributed by atoms with Crippen molar-refractivity contribution in [1.29, 1.82) is 0 Å². The van der Waals surface area contributed by atoms with E-state index in [-0.39, 0.29) is 11.7 Å². The van der Waals surface area contributed by atoms with Gasteiger partial charge in [0.15, 0.2) is 5.78 Å². The molecule has 2 rings (SSSR count). The van der Waals surface area contributed by atoms with Crippen LogP contribution in [0.4, 0.5) is 0 Å². The van der Waals surface area contributed by atoms with Gasteiger partial charge in [-0.3, -0.25) is 9.59 Å². The molecule has 1 aliphatic carbocycles. The number of methoxy groups -OCH3 is 1. The lowest BCUT2D eigenvalue weighted by Gasteiger charge is -2.27. The van der Waals surface area contributed by atoms with E-state index in [1.54, 1.807) is 0 Å². The Morgan fingerprint density at radius 1 is 1.33 bits per heavy atom. The summed E-state index contributed by atoms with van der Waals surface area (Å²) in [6.07, 6.45) is 1.81. The maximum Gasteiger partial charge on any atom is 0.317 e. The predicted octanol–water partition coefficient (Wildman–Crippen LogP) is 2.65. The number of allylic oxidation sites excluding steroid dienone is 2. The molecule has 18 heavy (non-hydrogen) atoms. The standard InChI is InChI=1S/C14H13ClO3/c1-18-14(17)13-11(7-10(15)8-12(13)16)9-5-3-2-4-6-9/h2-6,8,11,13H,7H2,1H3/t11-,13+/m0/s1. The molecule has 1 aromatic rings. The van der Waals surface area contributed by atoms with Gasteiger partial charge in [0, 0.05) is 11.0 Å². The summed E-state index contributed by atoms with van der Waals surface area (Å²) in [4.78, 5) is 23.7. The van der Waals surface area contributed by atoms with Crippen LogP contribution in [-0.4, -0.2) is 18.9 Å². The summed E-state index contributed by atoms with van der Waals surface area (Å²) in [6, 6.07) is 9.42. The minimum absolute atomic E-state index is 0.247. The molecule has 0 unspecified atom stereocenters. The van der Waals surface area contributed by atoms with Gasteiger partial charge >= 0.3 is 5.97 Å². The van der Waals surface area contributed by atoms with Crippen molar-refractivity contribution in [2.75, 3.05) is 7.11 Å². The Labute approximate surface area is 110 Å². The van der Waals surface area contributed by atoms with E-state index in [0.717, 1.165) is 5.56 Å².